The van der Waals surface area contributed by atoms with Crippen LogP contribution in [0, 0.1) is 0 Å². The first-order valence-corrected chi connectivity index (χ1v) is 14.3. The molecule has 0 aliphatic carbocycles. The van der Waals surface area contributed by atoms with Crippen molar-refractivity contribution in [1.82, 2.24) is 19.8 Å². The summed E-state index contributed by atoms with van der Waals surface area (Å²) in [5, 5.41) is 6.58. The maximum absolute atomic E-state index is 12.8. The summed E-state index contributed by atoms with van der Waals surface area (Å²) in [7, 11) is 0. The van der Waals surface area contributed by atoms with Crippen LogP contribution in [0.4, 0.5) is 22.2 Å². The lowest BCUT2D eigenvalue weighted by Gasteiger charge is -2.42. The molecule has 2 aromatic rings. The third-order valence-corrected chi connectivity index (χ3v) is 8.15. The molecule has 1 aromatic heterocycles. The van der Waals surface area contributed by atoms with E-state index in [1.807, 2.05) is 23.2 Å². The van der Waals surface area contributed by atoms with Gasteiger partial charge in [0.2, 0.25) is 5.95 Å². The number of rotatable bonds is 6. The molecule has 1 aromatic carbocycles. The molecule has 3 aliphatic heterocycles. The van der Waals surface area contributed by atoms with Gasteiger partial charge in [0.15, 0.2) is 5.78 Å². The molecule has 1 unspecified atom stereocenters. The second-order valence-corrected chi connectivity index (χ2v) is 10.9. The van der Waals surface area contributed by atoms with Gasteiger partial charge in [0.25, 0.3) is 0 Å². The van der Waals surface area contributed by atoms with E-state index in [0.29, 0.717) is 23.3 Å². The third kappa shape index (κ3) is 6.81. The van der Waals surface area contributed by atoms with Crippen molar-refractivity contribution in [2.24, 2.45) is 0 Å². The first-order chi connectivity index (χ1) is 18.5. The lowest BCUT2D eigenvalue weighted by atomic mass is 9.98. The number of aromatic nitrogens is 2. The molecule has 204 valence electrons. The second-order valence-electron chi connectivity index (χ2n) is 10.9. The van der Waals surface area contributed by atoms with E-state index in [-0.39, 0.29) is 11.8 Å². The number of Topliss-reactive ketones (excluding diaryl/α,β-unsaturated/α-hetero) is 1. The van der Waals surface area contributed by atoms with Crippen molar-refractivity contribution in [3.05, 3.63) is 42.1 Å². The van der Waals surface area contributed by atoms with Crippen LogP contribution in [-0.2, 0) is 0 Å². The van der Waals surface area contributed by atoms with E-state index in [9.17, 15) is 9.59 Å². The summed E-state index contributed by atoms with van der Waals surface area (Å²) >= 11 is 0. The predicted molar refractivity (Wildman–Crippen MR) is 151 cm³/mol. The molecule has 9 nitrogen and oxygen atoms in total. The highest BCUT2D eigenvalue weighted by molar-refractivity contribution is 5.96. The van der Waals surface area contributed by atoms with Gasteiger partial charge in [-0.15, -0.1) is 0 Å². The molecule has 1 atom stereocenters. The van der Waals surface area contributed by atoms with Crippen LogP contribution in [0.3, 0.4) is 0 Å². The van der Waals surface area contributed by atoms with Crippen LogP contribution in [0.1, 0.15) is 68.6 Å². The summed E-state index contributed by atoms with van der Waals surface area (Å²) in [6.07, 6.45) is 11.2. The first kappa shape index (κ1) is 26.4. The first-order valence-electron chi connectivity index (χ1n) is 14.3. The molecule has 0 saturated carbocycles. The maximum atomic E-state index is 12.8. The van der Waals surface area contributed by atoms with E-state index in [1.165, 1.54) is 32.6 Å². The number of carbonyl (C=O) groups excluding carboxylic acids is 2. The molecule has 3 saturated heterocycles. The number of hydrogen-bond donors (Lipinski definition) is 2. The lowest BCUT2D eigenvalue weighted by Crippen LogP contribution is -2.52. The largest absolute Gasteiger partial charge is 0.356 e. The minimum absolute atomic E-state index is 0.00656. The SMILES string of the molecule is CC(=O)c1cccc(NC(=O)N2CCC(N3CCCC(Nc4nccc(N5CCCCCC5)n4)C3)CC2)c1. The van der Waals surface area contributed by atoms with Crippen LogP contribution in [0.15, 0.2) is 36.5 Å². The minimum Gasteiger partial charge on any atom is -0.356 e. The Balaban J connectivity index is 1.11. The summed E-state index contributed by atoms with van der Waals surface area (Å²) < 4.78 is 0. The average molecular weight is 520 g/mol. The third-order valence-electron chi connectivity index (χ3n) is 8.15. The van der Waals surface area contributed by atoms with Crippen LogP contribution in [-0.4, -0.2) is 82.9 Å². The van der Waals surface area contributed by atoms with Crippen LogP contribution in [0.2, 0.25) is 0 Å². The topological polar surface area (TPSA) is 93.7 Å². The van der Waals surface area contributed by atoms with Gasteiger partial charge < -0.3 is 20.4 Å². The van der Waals surface area contributed by atoms with Gasteiger partial charge in [0.1, 0.15) is 5.82 Å². The molecular weight excluding hydrogens is 478 g/mol. The molecule has 2 N–H and O–H groups in total. The highest BCUT2D eigenvalue weighted by Crippen LogP contribution is 2.24. The summed E-state index contributed by atoms with van der Waals surface area (Å²) in [5.41, 5.74) is 1.27. The minimum atomic E-state index is -0.0937. The lowest BCUT2D eigenvalue weighted by molar-refractivity contribution is 0.0996. The van der Waals surface area contributed by atoms with Crippen molar-refractivity contribution >= 4 is 29.3 Å². The van der Waals surface area contributed by atoms with E-state index in [0.717, 1.165) is 76.7 Å². The predicted octanol–water partition coefficient (Wildman–Crippen LogP) is 4.63. The normalized spacial score (nSPS) is 21.6. The molecule has 0 bridgehead atoms. The Morgan fingerprint density at radius 3 is 2.47 bits per heavy atom. The summed E-state index contributed by atoms with van der Waals surface area (Å²) in [6.45, 7) is 7.24. The number of amides is 2. The molecule has 5 rings (SSSR count). The number of carbonyl (C=O) groups is 2. The molecule has 3 aliphatic rings. The zero-order chi connectivity index (χ0) is 26.3. The molecule has 0 spiro atoms. The Labute approximate surface area is 226 Å². The molecule has 4 heterocycles. The number of hydrogen-bond acceptors (Lipinski definition) is 7. The number of anilines is 3. The molecule has 9 heteroatoms. The Morgan fingerprint density at radius 2 is 1.71 bits per heavy atom. The Hall–Kier alpha value is -3.20. The number of urea groups is 1. The fourth-order valence-corrected chi connectivity index (χ4v) is 5.99. The van der Waals surface area contributed by atoms with E-state index in [1.54, 1.807) is 18.2 Å². The molecular formula is C29H41N7O2. The Bertz CT molecular complexity index is 1090. The number of likely N-dealkylation sites (tertiary alicyclic amines) is 2. The van der Waals surface area contributed by atoms with Gasteiger partial charge in [-0.05, 0) is 70.2 Å². The zero-order valence-electron chi connectivity index (χ0n) is 22.6. The van der Waals surface area contributed by atoms with E-state index in [2.05, 4.69) is 25.4 Å². The second kappa shape index (κ2) is 12.6. The van der Waals surface area contributed by atoms with Crippen LogP contribution >= 0.6 is 0 Å². The molecule has 38 heavy (non-hydrogen) atoms. The maximum Gasteiger partial charge on any atom is 0.321 e. The van der Waals surface area contributed by atoms with Crippen molar-refractivity contribution < 1.29 is 9.59 Å². The van der Waals surface area contributed by atoms with E-state index in [4.69, 9.17) is 4.98 Å². The monoisotopic (exact) mass is 519 g/mol. The van der Waals surface area contributed by atoms with E-state index >= 15 is 0 Å². The fourth-order valence-electron chi connectivity index (χ4n) is 5.99. The van der Waals surface area contributed by atoms with Crippen LogP contribution < -0.4 is 15.5 Å². The quantitative estimate of drug-likeness (QED) is 0.538. The Morgan fingerprint density at radius 1 is 0.921 bits per heavy atom. The molecule has 3 fully saturated rings. The summed E-state index contributed by atoms with van der Waals surface area (Å²) in [4.78, 5) is 40.8. The van der Waals surface area contributed by atoms with Crippen molar-refractivity contribution in [2.75, 3.05) is 54.8 Å². The Kier molecular flexibility index (Phi) is 8.73. The van der Waals surface area contributed by atoms with Gasteiger partial charge in [-0.2, -0.15) is 4.98 Å². The van der Waals surface area contributed by atoms with Crippen molar-refractivity contribution in [1.29, 1.82) is 0 Å². The van der Waals surface area contributed by atoms with Crippen molar-refractivity contribution in [3.8, 4) is 0 Å². The number of piperidine rings is 2. The van der Waals surface area contributed by atoms with Crippen LogP contribution in [0.5, 0.6) is 0 Å². The van der Waals surface area contributed by atoms with E-state index < -0.39 is 0 Å². The van der Waals surface area contributed by atoms with Crippen LogP contribution in [0.25, 0.3) is 0 Å². The summed E-state index contributed by atoms with van der Waals surface area (Å²) in [5.74, 6) is 1.77. The fraction of sp³-hybridized carbons (Fsp3) is 0.586. The van der Waals surface area contributed by atoms with Crippen molar-refractivity contribution in [3.63, 3.8) is 0 Å². The average Bonchev–Trinajstić information content (AvgIpc) is 3.23. The summed E-state index contributed by atoms with van der Waals surface area (Å²) in [6, 6.07) is 9.88. The van der Waals surface area contributed by atoms with Gasteiger partial charge in [-0.25, -0.2) is 9.78 Å². The number of nitrogens with one attached hydrogen (secondary N) is 2. The van der Waals surface area contributed by atoms with Gasteiger partial charge in [-0.3, -0.25) is 9.69 Å². The molecule has 2 amide bonds. The highest BCUT2D eigenvalue weighted by atomic mass is 16.2. The molecule has 0 radical (unpaired) electrons. The number of nitrogens with zero attached hydrogens (tertiary/aromatic N) is 5. The number of benzene rings is 1. The zero-order valence-corrected chi connectivity index (χ0v) is 22.6. The number of ketones is 1. The van der Waals surface area contributed by atoms with Gasteiger partial charge in [0.05, 0.1) is 0 Å². The van der Waals surface area contributed by atoms with Gasteiger partial charge in [0, 0.05) is 62.3 Å². The standard InChI is InChI=1S/C29H41N7O2/c1-22(37)23-8-6-9-24(20-23)32-29(38)35-18-12-26(13-19-35)36-17-7-10-25(21-36)31-28-30-14-11-27(33-28)34-15-4-2-3-5-16-34/h6,8-9,11,14,20,25-26H,2-5,7,10,12-13,15-19,21H2,1H3,(H,32,38)(H,30,31,33). The van der Waals surface area contributed by atoms with Gasteiger partial charge >= 0.3 is 6.03 Å². The highest BCUT2D eigenvalue weighted by Gasteiger charge is 2.30. The van der Waals surface area contributed by atoms with Gasteiger partial charge in [-0.1, -0.05) is 25.0 Å². The smallest absolute Gasteiger partial charge is 0.321 e. The van der Waals surface area contributed by atoms with Crippen molar-refractivity contribution in [2.45, 2.75) is 70.4 Å².